The second-order valence-electron chi connectivity index (χ2n) is 9.28. The third-order valence-electron chi connectivity index (χ3n) is 6.18. The minimum absolute atomic E-state index is 0.0512. The molecule has 6 heteroatoms. The van der Waals surface area contributed by atoms with Crippen molar-refractivity contribution in [1.29, 1.82) is 0 Å². The van der Waals surface area contributed by atoms with Crippen molar-refractivity contribution in [3.8, 4) is 34.1 Å². The SMILES string of the molecule is COc1c(O)ccc2c1-c1ccc3c(c1C(c1cccc(OC(C)=O)c1)O2)C(C)=CC(C)(C)N3. The highest BCUT2D eigenvalue weighted by molar-refractivity contribution is 5.92. The molecule has 3 aromatic carbocycles. The van der Waals surface area contributed by atoms with E-state index in [0.717, 1.165) is 33.5 Å². The van der Waals surface area contributed by atoms with Crippen molar-refractivity contribution < 1.29 is 24.1 Å². The van der Waals surface area contributed by atoms with Crippen LogP contribution in [0.5, 0.6) is 23.0 Å². The minimum Gasteiger partial charge on any atom is -0.504 e. The van der Waals surface area contributed by atoms with Crippen LogP contribution in [0.15, 0.2) is 54.6 Å². The van der Waals surface area contributed by atoms with Crippen LogP contribution in [0.3, 0.4) is 0 Å². The van der Waals surface area contributed by atoms with E-state index in [1.165, 1.54) is 14.0 Å². The van der Waals surface area contributed by atoms with Gasteiger partial charge in [0.05, 0.1) is 18.2 Å². The summed E-state index contributed by atoms with van der Waals surface area (Å²) in [6, 6.07) is 14.8. The quantitative estimate of drug-likeness (QED) is 0.367. The molecule has 2 N–H and O–H groups in total. The monoisotopic (exact) mass is 457 g/mol. The highest BCUT2D eigenvalue weighted by Crippen LogP contribution is 2.55. The molecule has 0 saturated heterocycles. The van der Waals surface area contributed by atoms with Crippen LogP contribution in [0.2, 0.25) is 0 Å². The van der Waals surface area contributed by atoms with E-state index in [1.54, 1.807) is 18.2 Å². The molecule has 0 amide bonds. The van der Waals surface area contributed by atoms with Crippen molar-refractivity contribution in [1.82, 2.24) is 0 Å². The molecule has 2 heterocycles. The number of rotatable bonds is 3. The Morgan fingerprint density at radius 1 is 1.12 bits per heavy atom. The third kappa shape index (κ3) is 3.55. The average Bonchev–Trinajstić information content (AvgIpc) is 2.77. The molecule has 0 bridgehead atoms. The van der Waals surface area contributed by atoms with Crippen molar-refractivity contribution in [3.63, 3.8) is 0 Å². The van der Waals surface area contributed by atoms with Crippen molar-refractivity contribution in [2.24, 2.45) is 0 Å². The topological polar surface area (TPSA) is 77.0 Å². The first kappa shape index (κ1) is 21.9. The van der Waals surface area contributed by atoms with Crippen molar-refractivity contribution in [3.05, 3.63) is 71.3 Å². The number of phenols is 1. The number of anilines is 1. The van der Waals surface area contributed by atoms with E-state index in [-0.39, 0.29) is 17.3 Å². The molecule has 5 rings (SSSR count). The molecule has 0 saturated carbocycles. The molecule has 0 spiro atoms. The van der Waals surface area contributed by atoms with E-state index in [1.807, 2.05) is 24.3 Å². The predicted molar refractivity (Wildman–Crippen MR) is 132 cm³/mol. The average molecular weight is 458 g/mol. The summed E-state index contributed by atoms with van der Waals surface area (Å²) in [6.07, 6.45) is 1.74. The molecule has 2 aliphatic heterocycles. The summed E-state index contributed by atoms with van der Waals surface area (Å²) in [5, 5.41) is 14.1. The summed E-state index contributed by atoms with van der Waals surface area (Å²) in [5.41, 5.74) is 6.44. The number of allylic oxidation sites excluding steroid dienone is 1. The first-order valence-electron chi connectivity index (χ1n) is 11.2. The number of esters is 1. The number of nitrogens with one attached hydrogen (secondary N) is 1. The molecule has 1 atom stereocenters. The molecule has 2 aliphatic rings. The Balaban J connectivity index is 1.79. The molecule has 174 valence electrons. The fourth-order valence-corrected chi connectivity index (χ4v) is 5.08. The molecule has 0 aliphatic carbocycles. The van der Waals surface area contributed by atoms with Crippen LogP contribution in [0.1, 0.15) is 50.5 Å². The number of carbonyl (C=O) groups is 1. The highest BCUT2D eigenvalue weighted by Gasteiger charge is 2.36. The Bertz CT molecular complexity index is 1360. The highest BCUT2D eigenvalue weighted by atomic mass is 16.5. The number of benzene rings is 3. The van der Waals surface area contributed by atoms with E-state index in [9.17, 15) is 9.90 Å². The van der Waals surface area contributed by atoms with Crippen LogP contribution in [-0.4, -0.2) is 23.7 Å². The van der Waals surface area contributed by atoms with Gasteiger partial charge in [0, 0.05) is 29.3 Å². The summed E-state index contributed by atoms with van der Waals surface area (Å²) in [7, 11) is 1.54. The minimum atomic E-state index is -0.464. The van der Waals surface area contributed by atoms with Gasteiger partial charge in [-0.2, -0.15) is 0 Å². The summed E-state index contributed by atoms with van der Waals surface area (Å²) >= 11 is 0. The molecule has 3 aromatic rings. The predicted octanol–water partition coefficient (Wildman–Crippen LogP) is 6.08. The van der Waals surface area contributed by atoms with E-state index in [2.05, 4.69) is 38.2 Å². The molecule has 0 fully saturated rings. The van der Waals surface area contributed by atoms with Crippen LogP contribution in [-0.2, 0) is 4.79 Å². The zero-order valence-corrected chi connectivity index (χ0v) is 19.9. The zero-order chi connectivity index (χ0) is 24.2. The molecule has 0 aromatic heterocycles. The molecular weight excluding hydrogens is 430 g/mol. The van der Waals surface area contributed by atoms with E-state index in [4.69, 9.17) is 14.2 Å². The lowest BCUT2D eigenvalue weighted by molar-refractivity contribution is -0.131. The van der Waals surface area contributed by atoms with Crippen molar-refractivity contribution in [2.75, 3.05) is 12.4 Å². The lowest BCUT2D eigenvalue weighted by atomic mass is 9.80. The van der Waals surface area contributed by atoms with E-state index < -0.39 is 6.10 Å². The number of ether oxygens (including phenoxy) is 3. The number of hydrogen-bond acceptors (Lipinski definition) is 6. The van der Waals surface area contributed by atoms with Gasteiger partial charge >= 0.3 is 5.97 Å². The molecule has 0 radical (unpaired) electrons. The molecular formula is C28H27NO5. The van der Waals surface area contributed by atoms with Gasteiger partial charge in [0.1, 0.15) is 11.5 Å². The second kappa shape index (κ2) is 7.83. The van der Waals surface area contributed by atoms with Gasteiger partial charge in [-0.05, 0) is 62.2 Å². The van der Waals surface area contributed by atoms with Gasteiger partial charge in [0.2, 0.25) is 0 Å². The second-order valence-corrected chi connectivity index (χ2v) is 9.28. The van der Waals surface area contributed by atoms with Gasteiger partial charge in [-0.15, -0.1) is 0 Å². The Kier molecular flexibility index (Phi) is 5.04. The maximum atomic E-state index is 11.6. The smallest absolute Gasteiger partial charge is 0.308 e. The summed E-state index contributed by atoms with van der Waals surface area (Å²) < 4.78 is 17.5. The summed E-state index contributed by atoms with van der Waals surface area (Å²) in [6.45, 7) is 7.74. The molecule has 6 nitrogen and oxygen atoms in total. The number of methoxy groups -OCH3 is 1. The van der Waals surface area contributed by atoms with Crippen LogP contribution in [0.25, 0.3) is 16.7 Å². The fourth-order valence-electron chi connectivity index (χ4n) is 5.08. The Morgan fingerprint density at radius 2 is 1.91 bits per heavy atom. The number of phenolic OH excluding ortho intramolecular Hbond substituents is 1. The van der Waals surface area contributed by atoms with Crippen LogP contribution in [0, 0.1) is 0 Å². The standard InChI is InChI=1S/C28H27NO5/c1-15-14-28(3,4)29-20-10-9-19-24-22(12-11-21(31)27(24)32-5)34-26(25(19)23(15)20)17-7-6-8-18(13-17)33-16(2)30/h6-14,26,29,31H,1-5H3. The van der Waals surface area contributed by atoms with E-state index >= 15 is 0 Å². The number of carbonyl (C=O) groups excluding carboxylic acids is 1. The van der Waals surface area contributed by atoms with Crippen LogP contribution >= 0.6 is 0 Å². The zero-order valence-electron chi connectivity index (χ0n) is 19.9. The molecule has 34 heavy (non-hydrogen) atoms. The van der Waals surface area contributed by atoms with E-state index in [0.29, 0.717) is 22.8 Å². The van der Waals surface area contributed by atoms with Gasteiger partial charge < -0.3 is 24.6 Å². The first-order chi connectivity index (χ1) is 16.2. The van der Waals surface area contributed by atoms with Gasteiger partial charge in [-0.3, -0.25) is 4.79 Å². The normalized spacial score (nSPS) is 17.2. The largest absolute Gasteiger partial charge is 0.504 e. The van der Waals surface area contributed by atoms with Crippen LogP contribution < -0.4 is 19.5 Å². The number of aromatic hydroxyl groups is 1. The van der Waals surface area contributed by atoms with Gasteiger partial charge in [-0.1, -0.05) is 24.3 Å². The van der Waals surface area contributed by atoms with Crippen molar-refractivity contribution in [2.45, 2.75) is 39.3 Å². The maximum Gasteiger partial charge on any atom is 0.308 e. The Hall–Kier alpha value is -3.93. The van der Waals surface area contributed by atoms with Gasteiger partial charge in [-0.25, -0.2) is 0 Å². The Morgan fingerprint density at radius 3 is 2.65 bits per heavy atom. The van der Waals surface area contributed by atoms with Crippen LogP contribution in [0.4, 0.5) is 5.69 Å². The van der Waals surface area contributed by atoms with Gasteiger partial charge in [0.15, 0.2) is 17.6 Å². The molecule has 1 unspecified atom stereocenters. The lowest BCUT2D eigenvalue weighted by Gasteiger charge is -2.37. The van der Waals surface area contributed by atoms with Crippen molar-refractivity contribution >= 4 is 17.2 Å². The third-order valence-corrected chi connectivity index (χ3v) is 6.18. The first-order valence-corrected chi connectivity index (χ1v) is 11.2. The fraction of sp³-hybridized carbons (Fsp3) is 0.250. The Labute approximate surface area is 198 Å². The van der Waals surface area contributed by atoms with Gasteiger partial charge in [0.25, 0.3) is 0 Å². The number of hydrogen-bond donors (Lipinski definition) is 2. The summed E-state index contributed by atoms with van der Waals surface area (Å²) in [4.78, 5) is 11.6. The maximum absolute atomic E-state index is 11.6. The summed E-state index contributed by atoms with van der Waals surface area (Å²) in [5.74, 6) is 1.11. The lowest BCUT2D eigenvalue weighted by Crippen LogP contribution is -2.32. The number of fused-ring (bicyclic) bond motifs is 5.